The van der Waals surface area contributed by atoms with Crippen LogP contribution in [0.4, 0.5) is 11.4 Å². The number of aliphatic imine (C=N–C) groups is 1. The van der Waals surface area contributed by atoms with Crippen molar-refractivity contribution in [3.63, 3.8) is 0 Å². The summed E-state index contributed by atoms with van der Waals surface area (Å²) in [6, 6.07) is 24.7. The normalized spacial score (nSPS) is 18.6. The number of hydrogen-bond acceptors (Lipinski definition) is 4. The number of quaternary nitrogens is 1. The van der Waals surface area contributed by atoms with Crippen molar-refractivity contribution in [3.05, 3.63) is 95.6 Å². The molecule has 162 valence electrons. The van der Waals surface area contributed by atoms with Crippen LogP contribution in [0.1, 0.15) is 16.7 Å². The average molecular weight is 539 g/mol. The molecule has 0 radical (unpaired) electrons. The number of benzene rings is 3. The number of rotatable bonds is 5. The molecule has 0 spiro atoms. The van der Waals surface area contributed by atoms with E-state index in [1.165, 1.54) is 9.14 Å². The molecule has 3 aromatic carbocycles. The summed E-state index contributed by atoms with van der Waals surface area (Å²) in [4.78, 5) is 12.0. The number of fused-ring (bicyclic) bond motifs is 3. The standard InChI is InChI=1S/C24H17N5.3CH3.Sn/c25-17-29-22(27-24(28-29)20-10-5-2-6-11-20)15-14-19-12-7-13-21(23(19)29)26-16-18-8-3-1-4-9-18;;;;/h1-6,8-15,26H,16H2;3*1H3;/q+1;;;;. The van der Waals surface area contributed by atoms with E-state index in [2.05, 4.69) is 56.7 Å². The molecule has 2 aliphatic rings. The van der Waals surface area contributed by atoms with E-state index >= 15 is 0 Å². The molecule has 2 aliphatic heterocycles. The number of anilines is 1. The predicted molar refractivity (Wildman–Crippen MR) is 140 cm³/mol. The van der Waals surface area contributed by atoms with E-state index in [4.69, 9.17) is 10.1 Å². The zero-order valence-corrected chi connectivity index (χ0v) is 21.9. The van der Waals surface area contributed by atoms with Gasteiger partial charge in [0.25, 0.3) is 0 Å². The molecule has 33 heavy (non-hydrogen) atoms. The first kappa shape index (κ1) is 21.6. The minimum atomic E-state index is -2.39. The number of nitrogens with one attached hydrogen (secondary N) is 1. The summed E-state index contributed by atoms with van der Waals surface area (Å²) in [5, 5.41) is 19.0. The maximum absolute atomic E-state index is 10.5. The van der Waals surface area contributed by atoms with Gasteiger partial charge in [0.05, 0.1) is 0 Å². The third kappa shape index (κ3) is 3.90. The Kier molecular flexibility index (Phi) is 5.43. The Labute approximate surface area is 198 Å². The van der Waals surface area contributed by atoms with Crippen LogP contribution < -0.4 is 13.5 Å². The van der Waals surface area contributed by atoms with Crippen LogP contribution in [0, 0.1) is 11.5 Å². The molecule has 6 heteroatoms. The Morgan fingerprint density at radius 2 is 1.64 bits per heavy atom. The summed E-state index contributed by atoms with van der Waals surface area (Å²) >= 11 is -2.39. The molecular formula is C27H26N5Sn+. The number of nitrogens with zero attached hydrogens (tertiary/aromatic N) is 4. The molecule has 1 atom stereocenters. The Hall–Kier alpha value is -3.21. The third-order valence-electron chi connectivity index (χ3n) is 6.04. The van der Waals surface area contributed by atoms with Crippen molar-refractivity contribution in [2.45, 2.75) is 21.4 Å². The Morgan fingerprint density at radius 3 is 2.30 bits per heavy atom. The zero-order chi connectivity index (χ0) is 23.1. The Bertz CT molecular complexity index is 1340. The van der Waals surface area contributed by atoms with Crippen molar-refractivity contribution in [2.75, 3.05) is 5.32 Å². The summed E-state index contributed by atoms with van der Waals surface area (Å²) in [7, 11) is 0. The second-order valence-electron chi connectivity index (χ2n) is 9.38. The van der Waals surface area contributed by atoms with Gasteiger partial charge in [-0.25, -0.2) is 0 Å². The molecule has 1 unspecified atom stereocenters. The van der Waals surface area contributed by atoms with Crippen molar-refractivity contribution >= 4 is 51.1 Å². The molecule has 0 fully saturated rings. The van der Waals surface area contributed by atoms with Crippen LogP contribution in [-0.2, 0) is 6.54 Å². The summed E-state index contributed by atoms with van der Waals surface area (Å²) in [5.41, 5.74) is 4.93. The Morgan fingerprint density at radius 1 is 0.939 bits per heavy atom. The van der Waals surface area contributed by atoms with Gasteiger partial charge in [-0.05, 0) is 0 Å². The quantitative estimate of drug-likeness (QED) is 0.267. The second kappa shape index (κ2) is 8.29. The molecule has 0 saturated carbocycles. The molecule has 1 N–H and O–H groups in total. The van der Waals surface area contributed by atoms with Gasteiger partial charge in [-0.3, -0.25) is 0 Å². The Balaban J connectivity index is 1.67. The topological polar surface area (TPSA) is 60.5 Å². The molecule has 5 rings (SSSR count). The van der Waals surface area contributed by atoms with E-state index in [1.54, 1.807) is 0 Å². The zero-order valence-electron chi connectivity index (χ0n) is 19.1. The molecule has 5 nitrogen and oxygen atoms in total. The first-order valence-corrected chi connectivity index (χ1v) is 21.1. The van der Waals surface area contributed by atoms with Gasteiger partial charge < -0.3 is 0 Å². The molecule has 0 aromatic heterocycles. The summed E-state index contributed by atoms with van der Waals surface area (Å²) < 4.78 is 1.12. The first-order valence-electron chi connectivity index (χ1n) is 11.1. The minimum absolute atomic E-state index is 0.285. The van der Waals surface area contributed by atoms with Crippen molar-refractivity contribution < 1.29 is 0 Å². The molecule has 0 aliphatic carbocycles. The van der Waals surface area contributed by atoms with Gasteiger partial charge in [0, 0.05) is 0 Å². The van der Waals surface area contributed by atoms with Crippen molar-refractivity contribution in [3.8, 4) is 6.19 Å². The first-order chi connectivity index (χ1) is 15.9. The number of amidine groups is 2. The predicted octanol–water partition coefficient (Wildman–Crippen LogP) is 5.43. The SMILES string of the molecule is [CH3][Sn]([CH3])([CH3])[c]1cc2c(c(NCc3ccccc3)c1)[N+]1(C#N)N=C(c3ccccc3)N=C1C=C2. The summed E-state index contributed by atoms with van der Waals surface area (Å²) in [5.74, 6) is 1.20. The van der Waals surface area contributed by atoms with E-state index in [9.17, 15) is 5.26 Å². The van der Waals surface area contributed by atoms with Crippen molar-refractivity contribution in [1.29, 1.82) is 5.26 Å². The van der Waals surface area contributed by atoms with E-state index in [0.717, 1.165) is 22.5 Å². The van der Waals surface area contributed by atoms with Gasteiger partial charge in [0.2, 0.25) is 0 Å². The van der Waals surface area contributed by atoms with Gasteiger partial charge in [-0.1, -0.05) is 0 Å². The molecule has 0 saturated heterocycles. The van der Waals surface area contributed by atoms with Crippen LogP contribution in [0.3, 0.4) is 0 Å². The van der Waals surface area contributed by atoms with E-state index in [-0.39, 0.29) is 4.59 Å². The van der Waals surface area contributed by atoms with E-state index < -0.39 is 18.4 Å². The molecule has 0 bridgehead atoms. The van der Waals surface area contributed by atoms with Gasteiger partial charge in [0.15, 0.2) is 0 Å². The monoisotopic (exact) mass is 540 g/mol. The fourth-order valence-electron chi connectivity index (χ4n) is 4.21. The second-order valence-corrected chi connectivity index (χ2v) is 23.9. The van der Waals surface area contributed by atoms with Gasteiger partial charge in [0.1, 0.15) is 0 Å². The molecule has 0 amide bonds. The molecule has 2 heterocycles. The van der Waals surface area contributed by atoms with Gasteiger partial charge in [-0.15, -0.1) is 0 Å². The van der Waals surface area contributed by atoms with Gasteiger partial charge in [-0.2, -0.15) is 0 Å². The van der Waals surface area contributed by atoms with Gasteiger partial charge >= 0.3 is 199 Å². The third-order valence-corrected chi connectivity index (χ3v) is 11.8. The molecular weight excluding hydrogens is 513 g/mol. The maximum atomic E-state index is 10.5. The molecule has 3 aromatic rings. The van der Waals surface area contributed by atoms with Crippen LogP contribution in [0.5, 0.6) is 0 Å². The van der Waals surface area contributed by atoms with Crippen LogP contribution in [0.25, 0.3) is 6.08 Å². The van der Waals surface area contributed by atoms with Crippen LogP contribution in [0.2, 0.25) is 14.8 Å². The van der Waals surface area contributed by atoms with E-state index in [1.807, 2.05) is 54.6 Å². The fraction of sp³-hybridized carbons (Fsp3) is 0.148. The summed E-state index contributed by atoms with van der Waals surface area (Å²) in [6.07, 6.45) is 6.50. The van der Waals surface area contributed by atoms with Crippen LogP contribution >= 0.6 is 0 Å². The van der Waals surface area contributed by atoms with Crippen LogP contribution in [-0.4, -0.2) is 30.0 Å². The fourth-order valence-corrected chi connectivity index (χ4v) is 7.54. The number of nitriles is 1. The van der Waals surface area contributed by atoms with Crippen molar-refractivity contribution in [1.82, 2.24) is 4.59 Å². The average Bonchev–Trinajstić information content (AvgIpc) is 3.23. The number of hydrogen-bond donors (Lipinski definition) is 1. The summed E-state index contributed by atoms with van der Waals surface area (Å²) in [6.45, 7) is 0.674. The van der Waals surface area contributed by atoms with Crippen molar-refractivity contribution in [2.24, 2.45) is 10.1 Å². The van der Waals surface area contributed by atoms with E-state index in [0.29, 0.717) is 18.2 Å². The van der Waals surface area contributed by atoms with Crippen LogP contribution in [0.15, 0.2) is 89.0 Å².